The quantitative estimate of drug-likeness (QED) is 0.738. The predicted molar refractivity (Wildman–Crippen MR) is 101 cm³/mol. The molecule has 7 nitrogen and oxygen atoms in total. The third kappa shape index (κ3) is 4.09. The van der Waals surface area contributed by atoms with E-state index in [4.69, 9.17) is 4.74 Å². The SMILES string of the molecule is COc1cccc([C@@]2(C)NC(=O)N(C[C@@H](O)CN3CCC(C)CC3)C2=O)c1. The first-order valence-electron chi connectivity index (χ1n) is 9.52. The second-order valence-corrected chi connectivity index (χ2v) is 7.84. The Hall–Kier alpha value is -2.12. The standard InChI is InChI=1S/C20H29N3O4/c1-14-7-9-22(10-8-14)12-16(24)13-23-18(25)20(2,21-19(23)26)15-5-4-6-17(11-15)27-3/h4-6,11,14,16,24H,7-10,12-13H2,1-3H3,(H,21,26)/t16-,20+/m0/s1. The molecule has 2 heterocycles. The van der Waals surface area contributed by atoms with E-state index < -0.39 is 17.7 Å². The molecule has 3 rings (SSSR count). The molecular formula is C20H29N3O4. The number of benzene rings is 1. The summed E-state index contributed by atoms with van der Waals surface area (Å²) in [7, 11) is 1.56. The van der Waals surface area contributed by atoms with Gasteiger partial charge in [-0.2, -0.15) is 0 Å². The van der Waals surface area contributed by atoms with Gasteiger partial charge in [0.2, 0.25) is 0 Å². The molecule has 0 saturated carbocycles. The van der Waals surface area contributed by atoms with Crippen LogP contribution in [0.1, 0.15) is 32.3 Å². The van der Waals surface area contributed by atoms with E-state index in [0.29, 0.717) is 23.8 Å². The fourth-order valence-corrected chi connectivity index (χ4v) is 3.80. The van der Waals surface area contributed by atoms with Gasteiger partial charge in [-0.3, -0.25) is 9.69 Å². The number of urea groups is 1. The Balaban J connectivity index is 1.66. The number of hydrogen-bond donors (Lipinski definition) is 2. The van der Waals surface area contributed by atoms with Gasteiger partial charge in [0.05, 0.1) is 19.8 Å². The fraction of sp³-hybridized carbons (Fsp3) is 0.600. The van der Waals surface area contributed by atoms with Gasteiger partial charge in [0, 0.05) is 6.54 Å². The van der Waals surface area contributed by atoms with Crippen molar-refractivity contribution in [1.29, 1.82) is 0 Å². The lowest BCUT2D eigenvalue weighted by atomic mass is 9.92. The Morgan fingerprint density at radius 2 is 2.00 bits per heavy atom. The fourth-order valence-electron chi connectivity index (χ4n) is 3.80. The number of likely N-dealkylation sites (tertiary alicyclic amines) is 1. The Morgan fingerprint density at radius 3 is 2.67 bits per heavy atom. The second-order valence-electron chi connectivity index (χ2n) is 7.84. The van der Waals surface area contributed by atoms with Crippen molar-refractivity contribution in [2.45, 2.75) is 38.3 Å². The third-order valence-electron chi connectivity index (χ3n) is 5.66. The highest BCUT2D eigenvalue weighted by Gasteiger charge is 2.49. The van der Waals surface area contributed by atoms with Crippen LogP contribution in [0.4, 0.5) is 4.79 Å². The summed E-state index contributed by atoms with van der Waals surface area (Å²) in [6.07, 6.45) is 1.47. The van der Waals surface area contributed by atoms with Crippen LogP contribution in [-0.4, -0.2) is 66.2 Å². The first kappa shape index (κ1) is 19.6. The number of ether oxygens (including phenoxy) is 1. The van der Waals surface area contributed by atoms with Gasteiger partial charge in [0.25, 0.3) is 5.91 Å². The number of piperidine rings is 1. The van der Waals surface area contributed by atoms with Crippen LogP contribution < -0.4 is 10.1 Å². The number of carbonyl (C=O) groups excluding carboxylic acids is 2. The maximum Gasteiger partial charge on any atom is 0.325 e. The van der Waals surface area contributed by atoms with Crippen molar-refractivity contribution < 1.29 is 19.4 Å². The van der Waals surface area contributed by atoms with E-state index >= 15 is 0 Å². The Bertz CT molecular complexity index is 702. The number of aliphatic hydroxyl groups is 1. The van der Waals surface area contributed by atoms with E-state index in [1.165, 1.54) is 0 Å². The highest BCUT2D eigenvalue weighted by atomic mass is 16.5. The molecule has 1 aromatic rings. The van der Waals surface area contributed by atoms with Crippen molar-refractivity contribution in [2.75, 3.05) is 33.3 Å². The lowest BCUT2D eigenvalue weighted by molar-refractivity contribution is -0.132. The number of carbonyl (C=O) groups is 2. The van der Waals surface area contributed by atoms with E-state index in [1.54, 1.807) is 38.3 Å². The molecule has 7 heteroatoms. The molecule has 27 heavy (non-hydrogen) atoms. The highest BCUT2D eigenvalue weighted by molar-refractivity contribution is 6.07. The molecule has 0 unspecified atom stereocenters. The topological polar surface area (TPSA) is 82.1 Å². The number of aliphatic hydroxyl groups excluding tert-OH is 1. The molecule has 2 saturated heterocycles. The van der Waals surface area contributed by atoms with E-state index in [9.17, 15) is 14.7 Å². The Kier molecular flexibility index (Phi) is 5.72. The molecule has 2 N–H and O–H groups in total. The maximum atomic E-state index is 13.0. The summed E-state index contributed by atoms with van der Waals surface area (Å²) >= 11 is 0. The summed E-state index contributed by atoms with van der Waals surface area (Å²) < 4.78 is 5.22. The van der Waals surface area contributed by atoms with E-state index in [1.807, 2.05) is 0 Å². The van der Waals surface area contributed by atoms with Gasteiger partial charge in [-0.05, 0) is 56.5 Å². The van der Waals surface area contributed by atoms with E-state index in [-0.39, 0.29) is 12.5 Å². The van der Waals surface area contributed by atoms with Crippen molar-refractivity contribution in [3.63, 3.8) is 0 Å². The van der Waals surface area contributed by atoms with Gasteiger partial charge < -0.3 is 20.1 Å². The van der Waals surface area contributed by atoms with Crippen LogP contribution in [0.2, 0.25) is 0 Å². The minimum Gasteiger partial charge on any atom is -0.497 e. The smallest absolute Gasteiger partial charge is 0.325 e. The van der Waals surface area contributed by atoms with Crippen LogP contribution in [0.5, 0.6) is 5.75 Å². The Morgan fingerprint density at radius 1 is 1.30 bits per heavy atom. The van der Waals surface area contributed by atoms with Crippen molar-refractivity contribution >= 4 is 11.9 Å². The molecule has 0 aliphatic carbocycles. The zero-order valence-electron chi connectivity index (χ0n) is 16.3. The molecule has 2 fully saturated rings. The number of amides is 3. The normalized spacial score (nSPS) is 25.6. The summed E-state index contributed by atoms with van der Waals surface area (Å²) in [6, 6.07) is 6.63. The largest absolute Gasteiger partial charge is 0.497 e. The number of β-amino-alcohol motifs (C(OH)–C–C–N with tert-alkyl or cyclic N) is 1. The monoisotopic (exact) mass is 375 g/mol. The van der Waals surface area contributed by atoms with Gasteiger partial charge >= 0.3 is 6.03 Å². The van der Waals surface area contributed by atoms with E-state index in [2.05, 4.69) is 17.1 Å². The minimum atomic E-state index is -1.16. The van der Waals surface area contributed by atoms with Crippen LogP contribution in [0, 0.1) is 5.92 Å². The average molecular weight is 375 g/mol. The molecule has 3 amide bonds. The molecule has 2 atom stereocenters. The summed E-state index contributed by atoms with van der Waals surface area (Å²) in [5.41, 5.74) is -0.506. The van der Waals surface area contributed by atoms with Crippen molar-refractivity contribution in [3.8, 4) is 5.75 Å². The van der Waals surface area contributed by atoms with Crippen LogP contribution >= 0.6 is 0 Å². The molecule has 0 radical (unpaired) electrons. The number of methoxy groups -OCH3 is 1. The number of nitrogens with zero attached hydrogens (tertiary/aromatic N) is 2. The molecule has 0 spiro atoms. The van der Waals surface area contributed by atoms with Gasteiger partial charge in [-0.15, -0.1) is 0 Å². The van der Waals surface area contributed by atoms with Gasteiger partial charge in [0.1, 0.15) is 11.3 Å². The zero-order valence-corrected chi connectivity index (χ0v) is 16.3. The van der Waals surface area contributed by atoms with Crippen molar-refractivity contribution in [1.82, 2.24) is 15.1 Å². The molecule has 1 aromatic carbocycles. The number of imide groups is 1. The summed E-state index contributed by atoms with van der Waals surface area (Å²) in [5.74, 6) is 0.980. The minimum absolute atomic E-state index is 0.00369. The van der Waals surface area contributed by atoms with Crippen LogP contribution in [-0.2, 0) is 10.3 Å². The van der Waals surface area contributed by atoms with Gasteiger partial charge in [-0.1, -0.05) is 19.1 Å². The molecule has 2 aliphatic heterocycles. The summed E-state index contributed by atoms with van der Waals surface area (Å²) in [6.45, 7) is 6.27. The molecule has 0 aromatic heterocycles. The lowest BCUT2D eigenvalue weighted by Crippen LogP contribution is -2.45. The highest BCUT2D eigenvalue weighted by Crippen LogP contribution is 2.31. The van der Waals surface area contributed by atoms with Crippen molar-refractivity contribution in [3.05, 3.63) is 29.8 Å². The average Bonchev–Trinajstić information content (AvgIpc) is 2.88. The summed E-state index contributed by atoms with van der Waals surface area (Å²) in [4.78, 5) is 28.7. The van der Waals surface area contributed by atoms with Crippen LogP contribution in [0.15, 0.2) is 24.3 Å². The van der Waals surface area contributed by atoms with Crippen molar-refractivity contribution in [2.24, 2.45) is 5.92 Å². The lowest BCUT2D eigenvalue weighted by Gasteiger charge is -2.32. The van der Waals surface area contributed by atoms with Crippen LogP contribution in [0.25, 0.3) is 0 Å². The third-order valence-corrected chi connectivity index (χ3v) is 5.66. The first-order valence-corrected chi connectivity index (χ1v) is 9.52. The first-order chi connectivity index (χ1) is 12.8. The molecule has 2 aliphatic rings. The maximum absolute atomic E-state index is 13.0. The molecule has 0 bridgehead atoms. The predicted octanol–water partition coefficient (Wildman–Crippen LogP) is 1.55. The van der Waals surface area contributed by atoms with Crippen LogP contribution in [0.3, 0.4) is 0 Å². The van der Waals surface area contributed by atoms with E-state index in [0.717, 1.165) is 30.8 Å². The number of rotatable bonds is 6. The van der Waals surface area contributed by atoms with Gasteiger partial charge in [0.15, 0.2) is 0 Å². The number of hydrogen-bond acceptors (Lipinski definition) is 5. The van der Waals surface area contributed by atoms with Gasteiger partial charge in [-0.25, -0.2) is 4.79 Å². The Labute approximate surface area is 160 Å². The molecule has 148 valence electrons. The second kappa shape index (κ2) is 7.86. The molecular weight excluding hydrogens is 346 g/mol. The summed E-state index contributed by atoms with van der Waals surface area (Å²) in [5, 5.41) is 13.2. The zero-order chi connectivity index (χ0) is 19.6. The number of nitrogens with one attached hydrogen (secondary N) is 1.